The number of benzene rings is 1. The third kappa shape index (κ3) is 2.31. The zero-order valence-electron chi connectivity index (χ0n) is 7.12. The van der Waals surface area contributed by atoms with Gasteiger partial charge in [0.2, 0.25) is 0 Å². The highest BCUT2D eigenvalue weighted by Gasteiger charge is 1.99. The van der Waals surface area contributed by atoms with Crippen LogP contribution in [0.15, 0.2) is 41.8 Å². The number of methoxy groups -OCH3 is 1. The van der Waals surface area contributed by atoms with E-state index in [0.717, 1.165) is 11.5 Å². The van der Waals surface area contributed by atoms with E-state index >= 15 is 0 Å². The first-order valence-electron chi connectivity index (χ1n) is 3.75. The van der Waals surface area contributed by atoms with E-state index in [0.29, 0.717) is 0 Å². The lowest BCUT2D eigenvalue weighted by Crippen LogP contribution is -1.85. The summed E-state index contributed by atoms with van der Waals surface area (Å²) in [5.41, 5.74) is 0. The van der Waals surface area contributed by atoms with Crippen LogP contribution >= 0.6 is 11.8 Å². The van der Waals surface area contributed by atoms with E-state index in [9.17, 15) is 0 Å². The SMILES string of the molecule is C=CCSc1ccccc1OC. The highest BCUT2D eigenvalue weighted by molar-refractivity contribution is 7.99. The molecule has 0 saturated heterocycles. The third-order valence-corrected chi connectivity index (χ3v) is 2.48. The maximum absolute atomic E-state index is 5.19. The van der Waals surface area contributed by atoms with E-state index in [4.69, 9.17) is 4.74 Å². The number of para-hydroxylation sites is 1. The molecule has 64 valence electrons. The lowest BCUT2D eigenvalue weighted by molar-refractivity contribution is 0.405. The van der Waals surface area contributed by atoms with Crippen LogP contribution in [0.1, 0.15) is 0 Å². The van der Waals surface area contributed by atoms with E-state index in [1.165, 1.54) is 4.90 Å². The van der Waals surface area contributed by atoms with E-state index in [1.807, 2.05) is 30.3 Å². The Balaban J connectivity index is 2.74. The molecule has 1 aromatic carbocycles. The summed E-state index contributed by atoms with van der Waals surface area (Å²) in [7, 11) is 1.69. The molecule has 1 rings (SSSR count). The second kappa shape index (κ2) is 4.88. The number of ether oxygens (including phenoxy) is 1. The van der Waals surface area contributed by atoms with Crippen LogP contribution in [0, 0.1) is 0 Å². The van der Waals surface area contributed by atoms with Crippen molar-refractivity contribution in [2.45, 2.75) is 4.90 Å². The first-order valence-corrected chi connectivity index (χ1v) is 4.73. The lowest BCUT2D eigenvalue weighted by atomic mass is 10.3. The average molecular weight is 180 g/mol. The van der Waals surface area contributed by atoms with Crippen LogP contribution in [-0.2, 0) is 0 Å². The van der Waals surface area contributed by atoms with Gasteiger partial charge in [-0.3, -0.25) is 0 Å². The zero-order valence-corrected chi connectivity index (χ0v) is 7.93. The predicted molar refractivity (Wildman–Crippen MR) is 53.9 cm³/mol. The summed E-state index contributed by atoms with van der Waals surface area (Å²) in [6.07, 6.45) is 1.89. The summed E-state index contributed by atoms with van der Waals surface area (Å²) >= 11 is 1.73. The molecule has 0 atom stereocenters. The van der Waals surface area contributed by atoms with Gasteiger partial charge in [0.25, 0.3) is 0 Å². The Labute approximate surface area is 77.4 Å². The van der Waals surface area contributed by atoms with Gasteiger partial charge in [-0.1, -0.05) is 18.2 Å². The molecular formula is C10H12OS. The maximum Gasteiger partial charge on any atom is 0.132 e. The minimum atomic E-state index is 0.917. The molecule has 0 aliphatic carbocycles. The van der Waals surface area contributed by atoms with E-state index < -0.39 is 0 Å². The summed E-state index contributed by atoms with van der Waals surface area (Å²) < 4.78 is 5.19. The number of hydrogen-bond donors (Lipinski definition) is 0. The van der Waals surface area contributed by atoms with Crippen molar-refractivity contribution >= 4 is 11.8 Å². The molecule has 0 radical (unpaired) electrons. The highest BCUT2D eigenvalue weighted by Crippen LogP contribution is 2.28. The first kappa shape index (κ1) is 9.20. The monoisotopic (exact) mass is 180 g/mol. The first-order chi connectivity index (χ1) is 5.88. The summed E-state index contributed by atoms with van der Waals surface area (Å²) in [4.78, 5) is 1.17. The van der Waals surface area contributed by atoms with Crippen LogP contribution < -0.4 is 4.74 Å². The number of hydrogen-bond acceptors (Lipinski definition) is 2. The fourth-order valence-electron chi connectivity index (χ4n) is 0.887. The molecule has 0 amide bonds. The van der Waals surface area contributed by atoms with Crippen molar-refractivity contribution in [1.82, 2.24) is 0 Å². The fraction of sp³-hybridized carbons (Fsp3) is 0.200. The van der Waals surface area contributed by atoms with Crippen molar-refractivity contribution < 1.29 is 4.74 Å². The Morgan fingerprint density at radius 3 is 2.92 bits per heavy atom. The lowest BCUT2D eigenvalue weighted by Gasteiger charge is -2.05. The summed E-state index contributed by atoms with van der Waals surface area (Å²) in [5, 5.41) is 0. The Kier molecular flexibility index (Phi) is 3.74. The van der Waals surface area contributed by atoms with Crippen LogP contribution in [-0.4, -0.2) is 12.9 Å². The molecule has 0 bridgehead atoms. The van der Waals surface area contributed by atoms with Crippen molar-refractivity contribution in [2.75, 3.05) is 12.9 Å². The van der Waals surface area contributed by atoms with Crippen LogP contribution in [0.5, 0.6) is 5.75 Å². The topological polar surface area (TPSA) is 9.23 Å². The van der Waals surface area contributed by atoms with Gasteiger partial charge in [0, 0.05) is 10.6 Å². The zero-order chi connectivity index (χ0) is 8.81. The Morgan fingerprint density at radius 2 is 2.25 bits per heavy atom. The van der Waals surface area contributed by atoms with Gasteiger partial charge in [-0.05, 0) is 12.1 Å². The van der Waals surface area contributed by atoms with Crippen molar-refractivity contribution in [3.05, 3.63) is 36.9 Å². The number of rotatable bonds is 4. The minimum Gasteiger partial charge on any atom is -0.496 e. The van der Waals surface area contributed by atoms with Crippen molar-refractivity contribution in [2.24, 2.45) is 0 Å². The van der Waals surface area contributed by atoms with Gasteiger partial charge in [0.1, 0.15) is 5.75 Å². The smallest absolute Gasteiger partial charge is 0.132 e. The van der Waals surface area contributed by atoms with E-state index in [1.54, 1.807) is 18.9 Å². The van der Waals surface area contributed by atoms with Gasteiger partial charge in [-0.15, -0.1) is 18.3 Å². The molecule has 1 aromatic rings. The van der Waals surface area contributed by atoms with Crippen LogP contribution in [0.3, 0.4) is 0 Å². The molecule has 0 heterocycles. The molecule has 0 spiro atoms. The second-order valence-electron chi connectivity index (χ2n) is 2.25. The average Bonchev–Trinajstić information content (AvgIpc) is 2.15. The standard InChI is InChI=1S/C10H12OS/c1-3-8-12-10-7-5-4-6-9(10)11-2/h3-7H,1,8H2,2H3. The van der Waals surface area contributed by atoms with Gasteiger partial charge >= 0.3 is 0 Å². The quantitative estimate of drug-likeness (QED) is 0.520. The number of thioether (sulfide) groups is 1. The minimum absolute atomic E-state index is 0.917. The summed E-state index contributed by atoms with van der Waals surface area (Å²) in [6.45, 7) is 3.67. The molecule has 0 aliphatic rings. The van der Waals surface area contributed by atoms with Crippen LogP contribution in [0.25, 0.3) is 0 Å². The molecule has 1 nitrogen and oxygen atoms in total. The molecule has 2 heteroatoms. The highest BCUT2D eigenvalue weighted by atomic mass is 32.2. The largest absolute Gasteiger partial charge is 0.496 e. The molecule has 12 heavy (non-hydrogen) atoms. The van der Waals surface area contributed by atoms with Crippen molar-refractivity contribution in [3.8, 4) is 5.75 Å². The van der Waals surface area contributed by atoms with Crippen molar-refractivity contribution in [3.63, 3.8) is 0 Å². The van der Waals surface area contributed by atoms with Gasteiger partial charge in [0.15, 0.2) is 0 Å². The summed E-state index contributed by atoms with van der Waals surface area (Å²) in [6, 6.07) is 7.99. The molecule has 0 N–H and O–H groups in total. The Bertz CT molecular complexity index is 258. The second-order valence-corrected chi connectivity index (χ2v) is 3.31. The normalized spacial score (nSPS) is 9.42. The van der Waals surface area contributed by atoms with Crippen LogP contribution in [0.4, 0.5) is 0 Å². The van der Waals surface area contributed by atoms with E-state index in [2.05, 4.69) is 6.58 Å². The van der Waals surface area contributed by atoms with Gasteiger partial charge < -0.3 is 4.74 Å². The van der Waals surface area contributed by atoms with E-state index in [-0.39, 0.29) is 0 Å². The molecule has 0 aliphatic heterocycles. The fourth-order valence-corrected chi connectivity index (χ4v) is 1.65. The molecule has 0 fully saturated rings. The Morgan fingerprint density at radius 1 is 1.50 bits per heavy atom. The summed E-state index contributed by atoms with van der Waals surface area (Å²) in [5.74, 6) is 1.85. The third-order valence-electron chi connectivity index (χ3n) is 1.43. The molecule has 0 unspecified atom stereocenters. The maximum atomic E-state index is 5.19. The molecular weight excluding hydrogens is 168 g/mol. The predicted octanol–water partition coefficient (Wildman–Crippen LogP) is 2.97. The van der Waals surface area contributed by atoms with Gasteiger partial charge in [-0.25, -0.2) is 0 Å². The molecule has 0 aromatic heterocycles. The molecule has 0 saturated carbocycles. The van der Waals surface area contributed by atoms with Gasteiger partial charge in [0.05, 0.1) is 7.11 Å². The van der Waals surface area contributed by atoms with Crippen molar-refractivity contribution in [1.29, 1.82) is 0 Å². The van der Waals surface area contributed by atoms with Crippen LogP contribution in [0.2, 0.25) is 0 Å². The van der Waals surface area contributed by atoms with Gasteiger partial charge in [-0.2, -0.15) is 0 Å². The Hall–Kier alpha value is -0.890.